The molecule has 2 fully saturated rings. The van der Waals surface area contributed by atoms with Crippen molar-refractivity contribution in [2.75, 3.05) is 13.1 Å². The second-order valence-corrected chi connectivity index (χ2v) is 6.12. The normalized spacial score (nSPS) is 26.4. The summed E-state index contributed by atoms with van der Waals surface area (Å²) in [6, 6.07) is 6.74. The molecule has 108 valence electrons. The van der Waals surface area contributed by atoms with E-state index in [2.05, 4.69) is 4.90 Å². The van der Waals surface area contributed by atoms with Gasteiger partial charge in [0, 0.05) is 24.6 Å². The summed E-state index contributed by atoms with van der Waals surface area (Å²) in [4.78, 5) is 14.6. The van der Waals surface area contributed by atoms with E-state index in [0.29, 0.717) is 18.0 Å². The Kier molecular flexibility index (Phi) is 4.16. The van der Waals surface area contributed by atoms with Gasteiger partial charge in [0.25, 0.3) is 0 Å². The second kappa shape index (κ2) is 6.04. The molecular weight excluding hydrogens is 253 g/mol. The van der Waals surface area contributed by atoms with Crippen LogP contribution in [0.15, 0.2) is 24.3 Å². The van der Waals surface area contributed by atoms with E-state index in [1.807, 2.05) is 0 Å². The molecule has 0 spiro atoms. The number of hydrogen-bond acceptors (Lipinski definition) is 2. The fraction of sp³-hybridized carbons (Fsp3) is 0.588. The highest BCUT2D eigenvalue weighted by molar-refractivity contribution is 5.96. The lowest BCUT2D eigenvalue weighted by Crippen LogP contribution is -2.43. The number of nitrogens with zero attached hydrogens (tertiary/aromatic N) is 1. The summed E-state index contributed by atoms with van der Waals surface area (Å²) in [6.07, 6.45) is 7.11. The number of piperidine rings is 1. The summed E-state index contributed by atoms with van der Waals surface area (Å²) in [5.74, 6) is 0.585. The number of Topliss-reactive ketones (excluding diaryl/α,β-unsaturated/α-hetero) is 1. The van der Waals surface area contributed by atoms with Crippen LogP contribution in [0, 0.1) is 11.7 Å². The average Bonchev–Trinajstić information content (AvgIpc) is 2.93. The highest BCUT2D eigenvalue weighted by Crippen LogP contribution is 2.36. The minimum absolute atomic E-state index is 0.0598. The molecule has 0 N–H and O–H groups in total. The van der Waals surface area contributed by atoms with Crippen molar-refractivity contribution < 1.29 is 9.18 Å². The number of halogens is 1. The van der Waals surface area contributed by atoms with E-state index in [-0.39, 0.29) is 11.6 Å². The van der Waals surface area contributed by atoms with Crippen LogP contribution in [0.5, 0.6) is 0 Å². The number of ketones is 1. The van der Waals surface area contributed by atoms with Crippen LogP contribution in [0.25, 0.3) is 0 Å². The molecule has 0 radical (unpaired) electrons. The fourth-order valence-corrected chi connectivity index (χ4v) is 3.89. The number of carbonyl (C=O) groups excluding carboxylic acids is 1. The number of rotatable bonds is 4. The van der Waals surface area contributed by atoms with Crippen molar-refractivity contribution in [2.45, 2.75) is 44.6 Å². The molecule has 2 nitrogen and oxygen atoms in total. The van der Waals surface area contributed by atoms with Gasteiger partial charge in [-0.2, -0.15) is 0 Å². The van der Waals surface area contributed by atoms with Gasteiger partial charge >= 0.3 is 0 Å². The Bertz CT molecular complexity index is 488. The van der Waals surface area contributed by atoms with Gasteiger partial charge in [-0.05, 0) is 50.3 Å². The highest BCUT2D eigenvalue weighted by Gasteiger charge is 2.34. The van der Waals surface area contributed by atoms with E-state index >= 15 is 0 Å². The van der Waals surface area contributed by atoms with E-state index in [4.69, 9.17) is 0 Å². The zero-order chi connectivity index (χ0) is 13.9. The van der Waals surface area contributed by atoms with Crippen LogP contribution in [0.2, 0.25) is 0 Å². The van der Waals surface area contributed by atoms with Gasteiger partial charge in [-0.15, -0.1) is 0 Å². The molecule has 0 amide bonds. The minimum atomic E-state index is -0.329. The Hall–Kier alpha value is -1.22. The van der Waals surface area contributed by atoms with Crippen LogP contribution in [0.1, 0.15) is 48.9 Å². The van der Waals surface area contributed by atoms with Gasteiger partial charge in [-0.1, -0.05) is 18.6 Å². The third-order valence-electron chi connectivity index (χ3n) is 4.88. The van der Waals surface area contributed by atoms with Crippen LogP contribution < -0.4 is 0 Å². The van der Waals surface area contributed by atoms with Crippen LogP contribution in [0.3, 0.4) is 0 Å². The summed E-state index contributed by atoms with van der Waals surface area (Å²) in [5.41, 5.74) is 0.505. The molecule has 0 bridgehead atoms. The van der Waals surface area contributed by atoms with Crippen molar-refractivity contribution >= 4 is 5.78 Å². The Morgan fingerprint density at radius 3 is 2.95 bits per heavy atom. The van der Waals surface area contributed by atoms with Crippen LogP contribution in [0.4, 0.5) is 4.39 Å². The monoisotopic (exact) mass is 275 g/mol. The molecule has 3 heteroatoms. The van der Waals surface area contributed by atoms with Crippen LogP contribution in [-0.2, 0) is 0 Å². The number of likely N-dealkylation sites (tertiary alicyclic amines) is 1. The molecule has 3 rings (SSSR count). The molecule has 2 aliphatic rings. The average molecular weight is 275 g/mol. The van der Waals surface area contributed by atoms with Crippen molar-refractivity contribution in [2.24, 2.45) is 5.92 Å². The fourth-order valence-electron chi connectivity index (χ4n) is 3.89. The third-order valence-corrected chi connectivity index (χ3v) is 4.88. The number of fused-ring (bicyclic) bond motifs is 1. The molecule has 1 heterocycles. The number of hydrogen-bond donors (Lipinski definition) is 0. The Balaban J connectivity index is 1.57. The maximum atomic E-state index is 13.1. The Morgan fingerprint density at radius 1 is 1.25 bits per heavy atom. The molecule has 20 heavy (non-hydrogen) atoms. The van der Waals surface area contributed by atoms with E-state index in [1.54, 1.807) is 12.1 Å². The predicted octanol–water partition coefficient (Wildman–Crippen LogP) is 3.66. The Labute approximate surface area is 120 Å². The molecule has 0 aromatic heterocycles. The predicted molar refractivity (Wildman–Crippen MR) is 77.3 cm³/mol. The van der Waals surface area contributed by atoms with Gasteiger partial charge in [-0.3, -0.25) is 9.69 Å². The van der Waals surface area contributed by atoms with E-state index < -0.39 is 0 Å². The Morgan fingerprint density at radius 2 is 2.10 bits per heavy atom. The summed E-state index contributed by atoms with van der Waals surface area (Å²) in [6.45, 7) is 1.95. The van der Waals surface area contributed by atoms with Crippen molar-refractivity contribution in [3.63, 3.8) is 0 Å². The van der Waals surface area contributed by atoms with Crippen molar-refractivity contribution in [1.29, 1.82) is 0 Å². The molecule has 1 aliphatic heterocycles. The lowest BCUT2D eigenvalue weighted by atomic mass is 9.91. The van der Waals surface area contributed by atoms with Crippen LogP contribution in [-0.4, -0.2) is 29.8 Å². The maximum absolute atomic E-state index is 13.1. The molecule has 1 saturated heterocycles. The summed E-state index contributed by atoms with van der Waals surface area (Å²) >= 11 is 0. The van der Waals surface area contributed by atoms with E-state index in [1.165, 1.54) is 44.2 Å². The highest BCUT2D eigenvalue weighted by atomic mass is 19.1. The van der Waals surface area contributed by atoms with Gasteiger partial charge in [-0.25, -0.2) is 4.39 Å². The van der Waals surface area contributed by atoms with Crippen molar-refractivity contribution in [3.05, 3.63) is 35.6 Å². The standard InChI is InChI=1S/C17H22FNO/c18-15-7-1-5-14(12-15)17(20)9-11-19-10-3-6-13-4-2-8-16(13)19/h1,5,7,12-13,16H,2-4,6,8-11H2. The van der Waals surface area contributed by atoms with Crippen LogP contribution >= 0.6 is 0 Å². The topological polar surface area (TPSA) is 20.3 Å². The summed E-state index contributed by atoms with van der Waals surface area (Å²) < 4.78 is 13.1. The molecular formula is C17H22FNO. The SMILES string of the molecule is O=C(CCN1CCCC2CCCC21)c1cccc(F)c1. The number of benzene rings is 1. The summed E-state index contributed by atoms with van der Waals surface area (Å²) in [7, 11) is 0. The van der Waals surface area contributed by atoms with Gasteiger partial charge in [0.15, 0.2) is 5.78 Å². The first-order valence-corrected chi connectivity index (χ1v) is 7.77. The summed E-state index contributed by atoms with van der Waals surface area (Å²) in [5, 5.41) is 0. The van der Waals surface area contributed by atoms with E-state index in [0.717, 1.165) is 19.0 Å². The second-order valence-electron chi connectivity index (χ2n) is 6.12. The molecule has 2 unspecified atom stereocenters. The molecule has 1 aromatic carbocycles. The molecule has 2 atom stereocenters. The largest absolute Gasteiger partial charge is 0.300 e. The van der Waals surface area contributed by atoms with Gasteiger partial charge < -0.3 is 0 Å². The van der Waals surface area contributed by atoms with Crippen molar-refractivity contribution in [3.8, 4) is 0 Å². The first kappa shape index (κ1) is 13.7. The zero-order valence-electron chi connectivity index (χ0n) is 11.9. The minimum Gasteiger partial charge on any atom is -0.300 e. The maximum Gasteiger partial charge on any atom is 0.164 e. The van der Waals surface area contributed by atoms with E-state index in [9.17, 15) is 9.18 Å². The smallest absolute Gasteiger partial charge is 0.164 e. The van der Waals surface area contributed by atoms with Gasteiger partial charge in [0.1, 0.15) is 5.82 Å². The lowest BCUT2D eigenvalue weighted by molar-refractivity contribution is 0.0875. The lowest BCUT2D eigenvalue weighted by Gasteiger charge is -2.37. The molecule has 1 saturated carbocycles. The molecule has 1 aromatic rings. The first-order valence-electron chi connectivity index (χ1n) is 7.77. The first-order chi connectivity index (χ1) is 9.74. The quantitative estimate of drug-likeness (QED) is 0.782. The van der Waals surface area contributed by atoms with Gasteiger partial charge in [0.2, 0.25) is 0 Å². The van der Waals surface area contributed by atoms with Crippen molar-refractivity contribution in [1.82, 2.24) is 4.90 Å². The zero-order valence-corrected chi connectivity index (χ0v) is 11.9. The number of carbonyl (C=O) groups is 1. The van der Waals surface area contributed by atoms with Gasteiger partial charge in [0.05, 0.1) is 0 Å². The third kappa shape index (κ3) is 2.93. The molecule has 1 aliphatic carbocycles.